The number of rotatable bonds is 6. The molecule has 4 rings (SSSR count). The molecule has 0 amide bonds. The highest BCUT2D eigenvalue weighted by Crippen LogP contribution is 2.50. The quantitative estimate of drug-likeness (QED) is 0.606. The van der Waals surface area contributed by atoms with Crippen molar-refractivity contribution >= 4 is 12.0 Å². The molecule has 170 valence electrons. The molecule has 2 aromatic rings. The van der Waals surface area contributed by atoms with Crippen LogP contribution in [0.3, 0.4) is 0 Å². The molecule has 0 N–H and O–H groups in total. The van der Waals surface area contributed by atoms with E-state index < -0.39 is 0 Å². The van der Waals surface area contributed by atoms with E-state index in [1.165, 1.54) is 5.56 Å². The molecule has 2 aromatic carbocycles. The number of methoxy groups -OCH3 is 3. The number of benzene rings is 2. The average Bonchev–Trinajstić information content (AvgIpc) is 2.82. The number of fused-ring (bicyclic) bond motifs is 3. The Labute approximate surface area is 189 Å². The number of nitrogens with zero attached hydrogens (tertiary/aromatic N) is 1. The standard InChI is InChI=1S/C26H31NO5/c1-6-32-26(28)25-16(2)27-12-11-18-13-23(30-4)24(31-5)15-20(18)22(27)14-21(25)17-7-9-19(29-3)10-8-17/h7-13,15-16,21-22,25H,6,14H2,1-5H3/t16-,21+,22+,25+/m0/s1. The molecule has 0 aromatic heterocycles. The summed E-state index contributed by atoms with van der Waals surface area (Å²) < 4.78 is 21.9. The van der Waals surface area contributed by atoms with Crippen LogP contribution in [-0.2, 0) is 9.53 Å². The lowest BCUT2D eigenvalue weighted by Gasteiger charge is -2.49. The Hall–Kier alpha value is -3.15. The third kappa shape index (κ3) is 3.78. The van der Waals surface area contributed by atoms with E-state index in [0.29, 0.717) is 18.1 Å². The zero-order valence-corrected chi connectivity index (χ0v) is 19.3. The molecule has 4 atom stereocenters. The minimum absolute atomic E-state index is 0.0173. The molecular formula is C26H31NO5. The van der Waals surface area contributed by atoms with Gasteiger partial charge in [-0.15, -0.1) is 0 Å². The Morgan fingerprint density at radius 2 is 1.72 bits per heavy atom. The number of esters is 1. The van der Waals surface area contributed by atoms with Crippen molar-refractivity contribution in [2.45, 2.75) is 38.3 Å². The molecule has 0 saturated carbocycles. The number of ether oxygens (including phenoxy) is 4. The summed E-state index contributed by atoms with van der Waals surface area (Å²) in [6, 6.07) is 12.2. The van der Waals surface area contributed by atoms with Gasteiger partial charge in [-0.2, -0.15) is 0 Å². The van der Waals surface area contributed by atoms with E-state index in [-0.39, 0.29) is 29.9 Å². The summed E-state index contributed by atoms with van der Waals surface area (Å²) in [7, 11) is 4.96. The van der Waals surface area contributed by atoms with Gasteiger partial charge in [0.2, 0.25) is 0 Å². The second-order valence-electron chi connectivity index (χ2n) is 8.25. The smallest absolute Gasteiger partial charge is 0.311 e. The van der Waals surface area contributed by atoms with Crippen molar-refractivity contribution in [1.82, 2.24) is 4.90 Å². The van der Waals surface area contributed by atoms with Crippen molar-refractivity contribution in [2.75, 3.05) is 27.9 Å². The molecule has 0 aliphatic carbocycles. The van der Waals surface area contributed by atoms with Gasteiger partial charge >= 0.3 is 5.97 Å². The SMILES string of the molecule is CCOC(=O)[C@H]1[C@@H](c2ccc(OC)cc2)C[C@@H]2c3cc(OC)c(OC)cc3C=CN2[C@H]1C. The molecule has 2 aliphatic rings. The first-order chi connectivity index (χ1) is 15.5. The van der Waals surface area contributed by atoms with Crippen LogP contribution in [0.1, 0.15) is 48.9 Å². The predicted octanol–water partition coefficient (Wildman–Crippen LogP) is 4.80. The van der Waals surface area contributed by atoms with Crippen LogP contribution in [0.4, 0.5) is 0 Å². The van der Waals surface area contributed by atoms with Crippen LogP contribution in [0.25, 0.3) is 6.08 Å². The fourth-order valence-corrected chi connectivity index (χ4v) is 5.15. The normalized spacial score (nSPS) is 23.7. The molecule has 0 unspecified atom stereocenters. The number of hydrogen-bond acceptors (Lipinski definition) is 6. The van der Waals surface area contributed by atoms with Crippen molar-refractivity contribution in [2.24, 2.45) is 5.92 Å². The third-order valence-electron chi connectivity index (χ3n) is 6.74. The van der Waals surface area contributed by atoms with Gasteiger partial charge in [-0.25, -0.2) is 0 Å². The molecule has 32 heavy (non-hydrogen) atoms. The molecule has 1 fully saturated rings. The van der Waals surface area contributed by atoms with Crippen LogP contribution in [0.15, 0.2) is 42.6 Å². The van der Waals surface area contributed by atoms with Crippen molar-refractivity contribution in [3.05, 3.63) is 59.3 Å². The minimum atomic E-state index is -0.272. The Morgan fingerprint density at radius 1 is 1.03 bits per heavy atom. The summed E-state index contributed by atoms with van der Waals surface area (Å²) in [5.74, 6) is 1.82. The monoisotopic (exact) mass is 437 g/mol. The van der Waals surface area contributed by atoms with Gasteiger partial charge in [-0.3, -0.25) is 4.79 Å². The number of piperidine rings is 1. The molecule has 0 spiro atoms. The maximum atomic E-state index is 13.1. The molecule has 2 heterocycles. The maximum Gasteiger partial charge on any atom is 0.311 e. The van der Waals surface area contributed by atoms with Gasteiger partial charge in [-0.1, -0.05) is 12.1 Å². The van der Waals surface area contributed by atoms with Gasteiger partial charge in [0.05, 0.1) is 39.9 Å². The van der Waals surface area contributed by atoms with Crippen molar-refractivity contribution < 1.29 is 23.7 Å². The van der Waals surface area contributed by atoms with E-state index in [1.54, 1.807) is 21.3 Å². The highest BCUT2D eigenvalue weighted by molar-refractivity contribution is 5.75. The molecule has 1 saturated heterocycles. The van der Waals surface area contributed by atoms with Gasteiger partial charge in [0.1, 0.15) is 5.75 Å². The Balaban J connectivity index is 1.77. The number of hydrogen-bond donors (Lipinski definition) is 0. The lowest BCUT2D eigenvalue weighted by Crippen LogP contribution is -2.50. The van der Waals surface area contributed by atoms with Gasteiger partial charge in [-0.05, 0) is 67.3 Å². The number of carbonyl (C=O) groups excluding carboxylic acids is 1. The average molecular weight is 438 g/mol. The van der Waals surface area contributed by atoms with Crippen LogP contribution in [0.5, 0.6) is 17.2 Å². The van der Waals surface area contributed by atoms with Gasteiger partial charge in [0.25, 0.3) is 0 Å². The third-order valence-corrected chi connectivity index (χ3v) is 6.74. The maximum absolute atomic E-state index is 13.1. The minimum Gasteiger partial charge on any atom is -0.497 e. The van der Waals surface area contributed by atoms with Gasteiger partial charge in [0, 0.05) is 18.2 Å². The summed E-state index contributed by atoms with van der Waals surface area (Å²) in [5.41, 5.74) is 3.41. The fourth-order valence-electron chi connectivity index (χ4n) is 5.15. The fraction of sp³-hybridized carbons (Fsp3) is 0.423. The lowest BCUT2D eigenvalue weighted by atomic mass is 9.71. The Kier molecular flexibility index (Phi) is 6.31. The van der Waals surface area contributed by atoms with E-state index in [1.807, 2.05) is 25.1 Å². The predicted molar refractivity (Wildman–Crippen MR) is 123 cm³/mol. The summed E-state index contributed by atoms with van der Waals surface area (Å²) in [6.07, 6.45) is 4.97. The summed E-state index contributed by atoms with van der Waals surface area (Å²) in [5, 5.41) is 0. The second kappa shape index (κ2) is 9.15. The Morgan fingerprint density at radius 3 is 2.34 bits per heavy atom. The molecule has 6 nitrogen and oxygen atoms in total. The molecule has 6 heteroatoms. The van der Waals surface area contributed by atoms with E-state index in [4.69, 9.17) is 18.9 Å². The molecule has 0 bridgehead atoms. The Bertz CT molecular complexity index is 1000. The topological polar surface area (TPSA) is 57.2 Å². The highest BCUT2D eigenvalue weighted by atomic mass is 16.5. The summed E-state index contributed by atoms with van der Waals surface area (Å²) in [6.45, 7) is 4.34. The van der Waals surface area contributed by atoms with E-state index in [0.717, 1.165) is 23.3 Å². The lowest BCUT2D eigenvalue weighted by molar-refractivity contribution is -0.153. The zero-order chi connectivity index (χ0) is 22.8. The molecular weight excluding hydrogens is 406 g/mol. The number of carbonyl (C=O) groups is 1. The largest absolute Gasteiger partial charge is 0.497 e. The van der Waals surface area contributed by atoms with Crippen LogP contribution in [0.2, 0.25) is 0 Å². The van der Waals surface area contributed by atoms with Crippen LogP contribution in [-0.4, -0.2) is 44.8 Å². The zero-order valence-electron chi connectivity index (χ0n) is 19.3. The van der Waals surface area contributed by atoms with Crippen molar-refractivity contribution in [3.8, 4) is 17.2 Å². The van der Waals surface area contributed by atoms with Crippen molar-refractivity contribution in [3.63, 3.8) is 0 Å². The molecule has 2 aliphatic heterocycles. The first-order valence-electron chi connectivity index (χ1n) is 11.0. The summed E-state index contributed by atoms with van der Waals surface area (Å²) >= 11 is 0. The van der Waals surface area contributed by atoms with Crippen LogP contribution >= 0.6 is 0 Å². The van der Waals surface area contributed by atoms with Gasteiger partial charge < -0.3 is 23.8 Å². The van der Waals surface area contributed by atoms with Crippen LogP contribution < -0.4 is 14.2 Å². The van der Waals surface area contributed by atoms with Gasteiger partial charge in [0.15, 0.2) is 11.5 Å². The van der Waals surface area contributed by atoms with E-state index >= 15 is 0 Å². The first kappa shape index (κ1) is 22.1. The molecule has 0 radical (unpaired) electrons. The second-order valence-corrected chi connectivity index (χ2v) is 8.25. The van der Waals surface area contributed by atoms with E-state index in [2.05, 4.69) is 42.3 Å². The van der Waals surface area contributed by atoms with E-state index in [9.17, 15) is 4.79 Å². The highest BCUT2D eigenvalue weighted by Gasteiger charge is 2.46. The van der Waals surface area contributed by atoms with Crippen molar-refractivity contribution in [1.29, 1.82) is 0 Å². The van der Waals surface area contributed by atoms with Crippen LogP contribution in [0, 0.1) is 5.92 Å². The first-order valence-corrected chi connectivity index (χ1v) is 11.0. The summed E-state index contributed by atoms with van der Waals surface area (Å²) in [4.78, 5) is 15.4.